The van der Waals surface area contributed by atoms with Gasteiger partial charge in [-0.25, -0.2) is 0 Å². The summed E-state index contributed by atoms with van der Waals surface area (Å²) in [7, 11) is 0. The van der Waals surface area contributed by atoms with Gasteiger partial charge in [0.2, 0.25) is 0 Å². The highest BCUT2D eigenvalue weighted by Gasteiger charge is 2.10. The third-order valence-corrected chi connectivity index (χ3v) is 7.22. The minimum atomic E-state index is 1.01. The third-order valence-electron chi connectivity index (χ3n) is 6.00. The molecule has 0 fully saturated rings. The van der Waals surface area contributed by atoms with Crippen LogP contribution in [0.4, 0.5) is 0 Å². The van der Waals surface area contributed by atoms with Crippen molar-refractivity contribution < 1.29 is 0 Å². The number of fused-ring (bicyclic) bond motifs is 3. The monoisotopic (exact) mass is 427 g/mol. The minimum absolute atomic E-state index is 1.01. The molecule has 0 amide bonds. The molecule has 2 aromatic heterocycles. The summed E-state index contributed by atoms with van der Waals surface area (Å²) in [5, 5.41) is 2.68. The smallest absolute Gasteiger partial charge is 0.0702 e. The van der Waals surface area contributed by atoms with Gasteiger partial charge < -0.3 is 0 Å². The predicted molar refractivity (Wildman–Crippen MR) is 138 cm³/mol. The van der Waals surface area contributed by atoms with Gasteiger partial charge in [0.25, 0.3) is 0 Å². The van der Waals surface area contributed by atoms with Crippen molar-refractivity contribution in [3.05, 3.63) is 115 Å². The zero-order valence-corrected chi connectivity index (χ0v) is 18.6. The maximum absolute atomic E-state index is 4.59. The van der Waals surface area contributed by atoms with Crippen molar-refractivity contribution in [2.45, 2.75) is 6.92 Å². The number of benzene rings is 4. The second-order valence-electron chi connectivity index (χ2n) is 8.16. The zero-order chi connectivity index (χ0) is 21.5. The third kappa shape index (κ3) is 3.30. The summed E-state index contributed by atoms with van der Waals surface area (Å²) in [4.78, 5) is 4.59. The minimum Gasteiger partial charge on any atom is -0.256 e. The molecule has 4 aromatic carbocycles. The topological polar surface area (TPSA) is 12.9 Å². The van der Waals surface area contributed by atoms with Gasteiger partial charge in [-0.15, -0.1) is 11.3 Å². The van der Waals surface area contributed by atoms with Crippen LogP contribution in [0.2, 0.25) is 0 Å². The van der Waals surface area contributed by atoms with Crippen LogP contribution in [0.5, 0.6) is 0 Å². The summed E-state index contributed by atoms with van der Waals surface area (Å²) in [5.41, 5.74) is 8.29. The molecule has 0 aliphatic rings. The number of rotatable bonds is 3. The summed E-state index contributed by atoms with van der Waals surface area (Å²) >= 11 is 1.88. The molecule has 0 spiro atoms. The molecule has 1 nitrogen and oxygen atoms in total. The second-order valence-corrected chi connectivity index (χ2v) is 9.21. The van der Waals surface area contributed by atoms with Gasteiger partial charge >= 0.3 is 0 Å². The fraction of sp³-hybridized carbons (Fsp3) is 0.0333. The fourth-order valence-electron chi connectivity index (χ4n) is 4.31. The number of thiophene rings is 1. The van der Waals surface area contributed by atoms with Crippen molar-refractivity contribution in [3.8, 4) is 33.5 Å². The molecule has 0 unspecified atom stereocenters. The molecular formula is C30H21NS. The van der Waals surface area contributed by atoms with Crippen LogP contribution in [0.3, 0.4) is 0 Å². The van der Waals surface area contributed by atoms with E-state index in [1.54, 1.807) is 0 Å². The van der Waals surface area contributed by atoms with E-state index in [-0.39, 0.29) is 0 Å². The Morgan fingerprint density at radius 1 is 0.594 bits per heavy atom. The fourth-order valence-corrected chi connectivity index (χ4v) is 5.55. The van der Waals surface area contributed by atoms with Crippen molar-refractivity contribution >= 4 is 31.5 Å². The molecule has 0 atom stereocenters. The summed E-state index contributed by atoms with van der Waals surface area (Å²) < 4.78 is 2.70. The number of aromatic nitrogens is 1. The first-order valence-electron chi connectivity index (χ1n) is 10.8. The van der Waals surface area contributed by atoms with Crippen molar-refractivity contribution in [2.24, 2.45) is 0 Å². The lowest BCUT2D eigenvalue weighted by Crippen LogP contribution is -1.86. The van der Waals surface area contributed by atoms with Crippen molar-refractivity contribution in [1.82, 2.24) is 4.98 Å². The van der Waals surface area contributed by atoms with Crippen LogP contribution in [-0.4, -0.2) is 4.98 Å². The van der Waals surface area contributed by atoms with Gasteiger partial charge in [0.05, 0.1) is 5.69 Å². The van der Waals surface area contributed by atoms with E-state index in [9.17, 15) is 0 Å². The molecule has 0 aliphatic heterocycles. The van der Waals surface area contributed by atoms with Crippen LogP contribution in [-0.2, 0) is 0 Å². The lowest BCUT2D eigenvalue weighted by Gasteiger charge is -2.08. The SMILES string of the molecule is Cc1ccc(-c2cccc(-c3ccc(-c4cccc5c4sc4ccccc45)cc3)c2)nc1. The van der Waals surface area contributed by atoms with Gasteiger partial charge in [-0.2, -0.15) is 0 Å². The van der Waals surface area contributed by atoms with E-state index in [1.807, 2.05) is 17.5 Å². The second kappa shape index (κ2) is 7.74. The summed E-state index contributed by atoms with van der Waals surface area (Å²) in [5.74, 6) is 0. The lowest BCUT2D eigenvalue weighted by molar-refractivity contribution is 1.27. The molecule has 0 bridgehead atoms. The van der Waals surface area contributed by atoms with E-state index in [0.29, 0.717) is 0 Å². The number of pyridine rings is 1. The molecule has 6 aromatic rings. The van der Waals surface area contributed by atoms with Crippen LogP contribution in [0.15, 0.2) is 109 Å². The first kappa shape index (κ1) is 19.0. The Morgan fingerprint density at radius 3 is 2.19 bits per heavy atom. The Morgan fingerprint density at radius 2 is 1.34 bits per heavy atom. The largest absolute Gasteiger partial charge is 0.256 e. The molecule has 0 saturated carbocycles. The molecule has 0 saturated heterocycles. The van der Waals surface area contributed by atoms with Gasteiger partial charge in [0.15, 0.2) is 0 Å². The average Bonchev–Trinajstić information content (AvgIpc) is 3.24. The number of aryl methyl sites for hydroxylation is 1. The Bertz CT molecular complexity index is 1560. The van der Waals surface area contributed by atoms with Crippen molar-refractivity contribution in [2.75, 3.05) is 0 Å². The van der Waals surface area contributed by atoms with Gasteiger partial charge in [-0.1, -0.05) is 84.9 Å². The van der Waals surface area contributed by atoms with E-state index in [2.05, 4.69) is 115 Å². The van der Waals surface area contributed by atoms with Gasteiger partial charge in [0.1, 0.15) is 0 Å². The number of nitrogens with zero attached hydrogens (tertiary/aromatic N) is 1. The van der Waals surface area contributed by atoms with E-state index in [1.165, 1.54) is 48.0 Å². The van der Waals surface area contributed by atoms with Crippen molar-refractivity contribution in [3.63, 3.8) is 0 Å². The normalized spacial score (nSPS) is 11.3. The van der Waals surface area contributed by atoms with Crippen LogP contribution in [0.25, 0.3) is 53.7 Å². The van der Waals surface area contributed by atoms with Crippen LogP contribution < -0.4 is 0 Å². The summed E-state index contributed by atoms with van der Waals surface area (Å²) in [6.45, 7) is 2.06. The van der Waals surface area contributed by atoms with Crippen LogP contribution in [0.1, 0.15) is 5.56 Å². The van der Waals surface area contributed by atoms with Crippen molar-refractivity contribution in [1.29, 1.82) is 0 Å². The highest BCUT2D eigenvalue weighted by Crippen LogP contribution is 2.40. The molecule has 152 valence electrons. The Labute approximate surface area is 191 Å². The average molecular weight is 428 g/mol. The molecule has 0 N–H and O–H groups in total. The summed E-state index contributed by atoms with van der Waals surface area (Å²) in [6, 6.07) is 37.1. The van der Waals surface area contributed by atoms with E-state index >= 15 is 0 Å². The standard InChI is InChI=1S/C30H21NS/c1-20-12-17-28(31-19-20)24-7-4-6-23(18-24)21-13-15-22(16-14-21)25-9-5-10-27-26-8-2-3-11-29(26)32-30(25)27/h2-19H,1H3. The molecule has 32 heavy (non-hydrogen) atoms. The maximum Gasteiger partial charge on any atom is 0.0702 e. The van der Waals surface area contributed by atoms with Crippen LogP contribution in [0, 0.1) is 6.92 Å². The molecule has 2 heterocycles. The highest BCUT2D eigenvalue weighted by molar-refractivity contribution is 7.26. The number of hydrogen-bond donors (Lipinski definition) is 0. The first-order valence-corrected chi connectivity index (χ1v) is 11.6. The number of hydrogen-bond acceptors (Lipinski definition) is 2. The Hall–Kier alpha value is -3.75. The molecule has 0 aliphatic carbocycles. The predicted octanol–water partition coefficient (Wildman–Crippen LogP) is 8.76. The molecule has 6 rings (SSSR count). The van der Waals surface area contributed by atoms with E-state index < -0.39 is 0 Å². The quantitative estimate of drug-likeness (QED) is 0.275. The zero-order valence-electron chi connectivity index (χ0n) is 17.7. The lowest BCUT2D eigenvalue weighted by atomic mass is 9.97. The van der Waals surface area contributed by atoms with Crippen LogP contribution >= 0.6 is 11.3 Å². The van der Waals surface area contributed by atoms with Gasteiger partial charge in [0, 0.05) is 31.9 Å². The molecule has 2 heteroatoms. The maximum atomic E-state index is 4.59. The Balaban J connectivity index is 1.39. The Kier molecular flexibility index (Phi) is 4.59. The van der Waals surface area contributed by atoms with E-state index in [4.69, 9.17) is 0 Å². The van der Waals surface area contributed by atoms with E-state index in [0.717, 1.165) is 11.3 Å². The first-order chi connectivity index (χ1) is 15.8. The van der Waals surface area contributed by atoms with Gasteiger partial charge in [-0.05, 0) is 52.9 Å². The van der Waals surface area contributed by atoms with Gasteiger partial charge in [-0.3, -0.25) is 4.98 Å². The summed E-state index contributed by atoms with van der Waals surface area (Å²) in [6.07, 6.45) is 1.92. The highest BCUT2D eigenvalue weighted by atomic mass is 32.1. The molecular weight excluding hydrogens is 406 g/mol. The molecule has 0 radical (unpaired) electrons.